The molecule has 3 aromatic heterocycles. The average molecular weight is 336 g/mol. The van der Waals surface area contributed by atoms with Crippen LogP contribution in [0.4, 0.5) is 0 Å². The van der Waals surface area contributed by atoms with E-state index in [1.165, 1.54) is 40.7 Å². The summed E-state index contributed by atoms with van der Waals surface area (Å²) in [7, 11) is 1.28. The van der Waals surface area contributed by atoms with Gasteiger partial charge < -0.3 is 9.84 Å². The lowest BCUT2D eigenvalue weighted by Gasteiger charge is -2.08. The number of ether oxygens (including phenoxy) is 1. The van der Waals surface area contributed by atoms with E-state index in [2.05, 4.69) is 10.1 Å². The third-order valence-corrected chi connectivity index (χ3v) is 3.93. The number of aromatic hydroxyl groups is 1. The summed E-state index contributed by atoms with van der Waals surface area (Å²) in [5, 5.41) is 13.9. The van der Waals surface area contributed by atoms with Gasteiger partial charge in [-0.3, -0.25) is 9.36 Å². The van der Waals surface area contributed by atoms with Crippen LogP contribution in [0.3, 0.4) is 0 Å². The van der Waals surface area contributed by atoms with Crippen LogP contribution in [0, 0.1) is 0 Å². The summed E-state index contributed by atoms with van der Waals surface area (Å²) in [6, 6.07) is 8.00. The summed E-state index contributed by atoms with van der Waals surface area (Å²) in [5.74, 6) is -0.424. The number of rotatable bonds is 2. The van der Waals surface area contributed by atoms with Crippen molar-refractivity contribution in [3.05, 3.63) is 64.8 Å². The van der Waals surface area contributed by atoms with Gasteiger partial charge in [-0.2, -0.15) is 5.10 Å². The Labute approximate surface area is 140 Å². The Hall–Kier alpha value is -3.68. The van der Waals surface area contributed by atoms with Gasteiger partial charge in [-0.05, 0) is 30.3 Å². The fraction of sp³-hybridized carbons (Fsp3) is 0.0588. The summed E-state index contributed by atoms with van der Waals surface area (Å²) in [6.07, 6.45) is 4.38. The molecule has 0 bridgehead atoms. The number of hydrogen-bond donors (Lipinski definition) is 1. The van der Waals surface area contributed by atoms with Gasteiger partial charge in [0.1, 0.15) is 11.3 Å². The maximum atomic E-state index is 12.8. The smallest absolute Gasteiger partial charge is 0.343 e. The third kappa shape index (κ3) is 2.23. The average Bonchev–Trinajstić information content (AvgIpc) is 3.07. The first-order valence-electron chi connectivity index (χ1n) is 7.36. The molecule has 4 rings (SSSR count). The van der Waals surface area contributed by atoms with Gasteiger partial charge in [0, 0.05) is 18.1 Å². The van der Waals surface area contributed by atoms with Crippen LogP contribution in [-0.2, 0) is 4.74 Å². The molecule has 0 aliphatic carbocycles. The SMILES string of the molecule is COC(=O)c1cnn2c1ncc1c(=O)n(-c3ccc(O)cc3)ccc12. The van der Waals surface area contributed by atoms with Crippen LogP contribution in [-0.4, -0.2) is 37.4 Å². The van der Waals surface area contributed by atoms with E-state index in [1.807, 2.05) is 0 Å². The second-order valence-electron chi connectivity index (χ2n) is 5.35. The van der Waals surface area contributed by atoms with Crippen LogP contribution in [0.1, 0.15) is 10.4 Å². The second kappa shape index (κ2) is 5.45. The molecule has 25 heavy (non-hydrogen) atoms. The fourth-order valence-electron chi connectivity index (χ4n) is 2.69. The molecule has 0 amide bonds. The largest absolute Gasteiger partial charge is 0.508 e. The summed E-state index contributed by atoms with van der Waals surface area (Å²) in [5.41, 5.74) is 1.40. The molecule has 0 aliphatic rings. The number of fused-ring (bicyclic) bond motifs is 3. The van der Waals surface area contributed by atoms with Crippen molar-refractivity contribution in [3.63, 3.8) is 0 Å². The minimum atomic E-state index is -0.542. The molecule has 8 nitrogen and oxygen atoms in total. The number of phenols is 1. The predicted octanol–water partition coefficient (Wildman–Crippen LogP) is 1.53. The van der Waals surface area contributed by atoms with Gasteiger partial charge in [0.15, 0.2) is 5.65 Å². The number of carbonyl (C=O) groups is 1. The van der Waals surface area contributed by atoms with Crippen LogP contribution in [0.2, 0.25) is 0 Å². The molecule has 0 aliphatic heterocycles. The summed E-state index contributed by atoms with van der Waals surface area (Å²) < 4.78 is 7.59. The first-order valence-corrected chi connectivity index (χ1v) is 7.36. The lowest BCUT2D eigenvalue weighted by molar-refractivity contribution is 0.0602. The van der Waals surface area contributed by atoms with Gasteiger partial charge in [0.2, 0.25) is 0 Å². The first-order chi connectivity index (χ1) is 12.1. The molecule has 8 heteroatoms. The van der Waals surface area contributed by atoms with Gasteiger partial charge in [-0.25, -0.2) is 14.3 Å². The van der Waals surface area contributed by atoms with E-state index in [9.17, 15) is 14.7 Å². The molecule has 0 radical (unpaired) electrons. The normalized spacial score (nSPS) is 11.1. The molecule has 1 N–H and O–H groups in total. The number of esters is 1. The highest BCUT2D eigenvalue weighted by atomic mass is 16.5. The van der Waals surface area contributed by atoms with Crippen molar-refractivity contribution in [1.29, 1.82) is 0 Å². The van der Waals surface area contributed by atoms with Crippen molar-refractivity contribution in [2.24, 2.45) is 0 Å². The molecule has 0 saturated carbocycles. The number of methoxy groups -OCH3 is 1. The molecule has 1 aromatic carbocycles. The molecule has 124 valence electrons. The Morgan fingerprint density at radius 3 is 2.64 bits per heavy atom. The summed E-state index contributed by atoms with van der Waals surface area (Å²) in [4.78, 5) is 28.7. The zero-order valence-electron chi connectivity index (χ0n) is 13.1. The lowest BCUT2D eigenvalue weighted by atomic mass is 10.2. The van der Waals surface area contributed by atoms with Crippen molar-refractivity contribution in [2.45, 2.75) is 0 Å². The number of nitrogens with zero attached hydrogens (tertiary/aromatic N) is 4. The Balaban J connectivity index is 1.97. The lowest BCUT2D eigenvalue weighted by Crippen LogP contribution is -2.18. The zero-order valence-corrected chi connectivity index (χ0v) is 13.1. The molecular weight excluding hydrogens is 324 g/mol. The fourth-order valence-corrected chi connectivity index (χ4v) is 2.69. The Kier molecular flexibility index (Phi) is 3.24. The Bertz CT molecular complexity index is 1180. The first kappa shape index (κ1) is 14.9. The van der Waals surface area contributed by atoms with E-state index < -0.39 is 5.97 Å². The molecule has 3 heterocycles. The Morgan fingerprint density at radius 2 is 1.92 bits per heavy atom. The second-order valence-corrected chi connectivity index (χ2v) is 5.35. The summed E-state index contributed by atoms with van der Waals surface area (Å²) in [6.45, 7) is 0. The van der Waals surface area contributed by atoms with E-state index in [-0.39, 0.29) is 16.9 Å². The molecule has 0 spiro atoms. The molecule has 4 aromatic rings. The third-order valence-electron chi connectivity index (χ3n) is 3.93. The number of phenolic OH excluding ortho intramolecular Hbond substituents is 1. The molecule has 0 atom stereocenters. The van der Waals surface area contributed by atoms with E-state index in [0.29, 0.717) is 22.2 Å². The van der Waals surface area contributed by atoms with Crippen LogP contribution in [0.25, 0.3) is 22.2 Å². The molecule has 0 saturated heterocycles. The molecular formula is C17H12N4O4. The van der Waals surface area contributed by atoms with Crippen molar-refractivity contribution < 1.29 is 14.6 Å². The van der Waals surface area contributed by atoms with Crippen molar-refractivity contribution in [1.82, 2.24) is 19.2 Å². The van der Waals surface area contributed by atoms with E-state index in [1.54, 1.807) is 24.4 Å². The van der Waals surface area contributed by atoms with Crippen molar-refractivity contribution >= 4 is 22.5 Å². The Morgan fingerprint density at radius 1 is 1.16 bits per heavy atom. The van der Waals surface area contributed by atoms with Crippen LogP contribution in [0.5, 0.6) is 5.75 Å². The summed E-state index contributed by atoms with van der Waals surface area (Å²) >= 11 is 0. The predicted molar refractivity (Wildman–Crippen MR) is 89.1 cm³/mol. The highest BCUT2D eigenvalue weighted by Crippen LogP contribution is 2.17. The molecule has 0 unspecified atom stereocenters. The maximum Gasteiger partial charge on any atom is 0.343 e. The van der Waals surface area contributed by atoms with Gasteiger partial charge >= 0.3 is 5.97 Å². The highest BCUT2D eigenvalue weighted by Gasteiger charge is 2.17. The highest BCUT2D eigenvalue weighted by molar-refractivity contribution is 5.96. The monoisotopic (exact) mass is 336 g/mol. The zero-order chi connectivity index (χ0) is 17.6. The van der Waals surface area contributed by atoms with E-state index in [4.69, 9.17) is 4.74 Å². The van der Waals surface area contributed by atoms with E-state index >= 15 is 0 Å². The number of aromatic nitrogens is 4. The topological polar surface area (TPSA) is 98.7 Å². The van der Waals surface area contributed by atoms with Crippen molar-refractivity contribution in [3.8, 4) is 11.4 Å². The van der Waals surface area contributed by atoms with Gasteiger partial charge in [-0.1, -0.05) is 0 Å². The van der Waals surface area contributed by atoms with E-state index in [0.717, 1.165) is 0 Å². The quantitative estimate of drug-likeness (QED) is 0.557. The van der Waals surface area contributed by atoms with Gasteiger partial charge in [0.25, 0.3) is 5.56 Å². The molecule has 0 fully saturated rings. The van der Waals surface area contributed by atoms with Crippen LogP contribution < -0.4 is 5.56 Å². The number of hydrogen-bond acceptors (Lipinski definition) is 6. The number of carbonyl (C=O) groups excluding carboxylic acids is 1. The van der Waals surface area contributed by atoms with Crippen LogP contribution in [0.15, 0.2) is 53.7 Å². The minimum absolute atomic E-state index is 0.118. The van der Waals surface area contributed by atoms with Crippen LogP contribution >= 0.6 is 0 Å². The standard InChI is InChI=1S/C17H12N4O4/c1-25-17(24)13-9-19-21-14-6-7-20(10-2-4-11(22)5-3-10)16(23)12(14)8-18-15(13)21/h2-9,22H,1H3. The number of benzene rings is 1. The minimum Gasteiger partial charge on any atom is -0.508 e. The maximum absolute atomic E-state index is 12.8. The number of pyridine rings is 1. The van der Waals surface area contributed by atoms with Gasteiger partial charge in [-0.15, -0.1) is 0 Å². The van der Waals surface area contributed by atoms with Crippen molar-refractivity contribution in [2.75, 3.05) is 7.11 Å². The van der Waals surface area contributed by atoms with Gasteiger partial charge in [0.05, 0.1) is 24.2 Å².